The van der Waals surface area contributed by atoms with Crippen LogP contribution in [0.3, 0.4) is 0 Å². The van der Waals surface area contributed by atoms with Gasteiger partial charge >= 0.3 is 0 Å². The van der Waals surface area contributed by atoms with Gasteiger partial charge in [-0.2, -0.15) is 0 Å². The highest BCUT2D eigenvalue weighted by molar-refractivity contribution is 4.55. The number of hydrogen-bond donors (Lipinski definition) is 0. The molecule has 0 aliphatic heterocycles. The summed E-state index contributed by atoms with van der Waals surface area (Å²) in [6.45, 7) is 8.94. The van der Waals surface area contributed by atoms with Crippen molar-refractivity contribution >= 4 is 0 Å². The lowest BCUT2D eigenvalue weighted by Crippen LogP contribution is -2.00. The third kappa shape index (κ3) is 10.7. The largest absolute Gasteiger partial charge is 0.0649 e. The van der Waals surface area contributed by atoms with Crippen molar-refractivity contribution in [2.75, 3.05) is 0 Å². The average Bonchev–Trinajstić information content (AvgIpc) is 1.35. The van der Waals surface area contributed by atoms with Crippen molar-refractivity contribution in [3.05, 3.63) is 7.43 Å². The van der Waals surface area contributed by atoms with Gasteiger partial charge in [0.15, 0.2) is 0 Å². The molecule has 0 saturated heterocycles. The molecule has 0 rings (SSSR count). The first-order valence-corrected chi connectivity index (χ1v) is 2.56. The van der Waals surface area contributed by atoms with Gasteiger partial charge in [-0.05, 0) is 12.8 Å². The molecule has 0 heteroatoms. The summed E-state index contributed by atoms with van der Waals surface area (Å²) in [5.74, 6) is 0. The van der Waals surface area contributed by atoms with E-state index in [1.54, 1.807) is 0 Å². The fourth-order valence-electron chi connectivity index (χ4n) is 0. The van der Waals surface area contributed by atoms with Crippen LogP contribution in [0.4, 0.5) is 0 Å². The van der Waals surface area contributed by atoms with Crippen LogP contribution in [-0.2, 0) is 0 Å². The van der Waals surface area contributed by atoms with E-state index in [1.807, 2.05) is 0 Å². The van der Waals surface area contributed by atoms with Crippen molar-refractivity contribution < 1.29 is 0 Å². The Morgan fingerprint density at radius 3 is 1.29 bits per heavy atom. The summed E-state index contributed by atoms with van der Waals surface area (Å²) in [7, 11) is 0. The lowest BCUT2D eigenvalue weighted by Gasteiger charge is -2.12. The Labute approximate surface area is 47.9 Å². The quantitative estimate of drug-likeness (QED) is 0.438. The molecule has 3 radical (unpaired) electrons. The predicted octanol–water partition coefficient (Wildman–Crippen LogP) is 2.65. The van der Waals surface area contributed by atoms with E-state index in [0.29, 0.717) is 5.41 Å². The Balaban J connectivity index is 0. The maximum absolute atomic E-state index is 2.24. The highest BCUT2D eigenvalue weighted by Gasteiger charge is 2.03. The second-order valence-corrected chi connectivity index (χ2v) is 2.91. The van der Waals surface area contributed by atoms with E-state index in [9.17, 15) is 0 Å². The first-order valence-electron chi connectivity index (χ1n) is 2.56. The van der Waals surface area contributed by atoms with E-state index in [-0.39, 0.29) is 7.43 Å². The summed E-state index contributed by atoms with van der Waals surface area (Å²) >= 11 is 0. The van der Waals surface area contributed by atoms with Crippen molar-refractivity contribution in [1.82, 2.24) is 0 Å². The fraction of sp³-hybridized carbons (Fsp3) is 0.857. The minimum absolute atomic E-state index is 0. The van der Waals surface area contributed by atoms with Crippen LogP contribution >= 0.6 is 0 Å². The van der Waals surface area contributed by atoms with Crippen molar-refractivity contribution in [2.24, 2.45) is 5.41 Å². The zero-order valence-corrected chi connectivity index (χ0v) is 5.78. The summed E-state index contributed by atoms with van der Waals surface area (Å²) in [5.41, 5.74) is 0.542. The van der Waals surface area contributed by atoms with E-state index >= 15 is 0 Å². The van der Waals surface area contributed by atoms with Gasteiger partial charge in [-0.3, -0.25) is 0 Å². The summed E-state index contributed by atoms with van der Waals surface area (Å²) < 4.78 is 0. The molecule has 0 saturated carbocycles. The molecule has 0 fully saturated rings. The Morgan fingerprint density at radius 1 is 1.14 bits per heavy atom. The maximum Gasteiger partial charge on any atom is -0.0312 e. The van der Waals surface area contributed by atoms with Gasteiger partial charge in [0.25, 0.3) is 0 Å². The smallest absolute Gasteiger partial charge is 0.0312 e. The van der Waals surface area contributed by atoms with E-state index in [1.165, 1.54) is 6.42 Å². The molecule has 7 heavy (non-hydrogen) atoms. The van der Waals surface area contributed by atoms with E-state index in [0.717, 1.165) is 0 Å². The van der Waals surface area contributed by atoms with Gasteiger partial charge in [0, 0.05) is 0 Å². The molecule has 0 aliphatic carbocycles. The third-order valence-electron chi connectivity index (χ3n) is 1.06. The molecule has 0 aromatic heterocycles. The van der Waals surface area contributed by atoms with Crippen LogP contribution in [0.15, 0.2) is 0 Å². The van der Waals surface area contributed by atoms with Gasteiger partial charge in [-0.15, -0.1) is 0 Å². The highest BCUT2D eigenvalue weighted by atomic mass is 14.1. The SMILES string of the molecule is CCC(C)(C)C.[CH]. The zero-order valence-electron chi connectivity index (χ0n) is 5.78. The average molecular weight is 99.2 g/mol. The monoisotopic (exact) mass is 99.1 g/mol. The van der Waals surface area contributed by atoms with Gasteiger partial charge in [0.05, 0.1) is 0 Å². The maximum atomic E-state index is 2.24. The molecule has 0 aromatic rings. The van der Waals surface area contributed by atoms with Crippen molar-refractivity contribution in [3.8, 4) is 0 Å². The van der Waals surface area contributed by atoms with Gasteiger partial charge in [-0.25, -0.2) is 0 Å². The normalized spacial score (nSPS) is 10.3. The van der Waals surface area contributed by atoms with Crippen LogP contribution in [-0.4, -0.2) is 0 Å². The summed E-state index contributed by atoms with van der Waals surface area (Å²) in [4.78, 5) is 0. The molecule has 0 aromatic carbocycles. The number of hydrogen-bond acceptors (Lipinski definition) is 0. The Bertz CT molecular complexity index is 29.8. The fourth-order valence-corrected chi connectivity index (χ4v) is 0. The lowest BCUT2D eigenvalue weighted by atomic mass is 9.94. The van der Waals surface area contributed by atoms with Crippen LogP contribution < -0.4 is 0 Å². The standard InChI is InChI=1S/C6H14.CH/c1-5-6(2,3)4;/h5H2,1-4H3;1H. The Kier molecular flexibility index (Phi) is 4.41. The molecule has 0 unspecified atom stereocenters. The molecule has 0 heterocycles. The zero-order chi connectivity index (χ0) is 5.21. The molecule has 0 nitrogen and oxygen atoms in total. The molecule has 43 valence electrons. The van der Waals surface area contributed by atoms with Crippen molar-refractivity contribution in [1.29, 1.82) is 0 Å². The van der Waals surface area contributed by atoms with Crippen LogP contribution in [0.1, 0.15) is 34.1 Å². The highest BCUT2D eigenvalue weighted by Crippen LogP contribution is 2.16. The Hall–Kier alpha value is 0. The third-order valence-corrected chi connectivity index (χ3v) is 1.06. The first-order chi connectivity index (χ1) is 2.56. The van der Waals surface area contributed by atoms with E-state index in [2.05, 4.69) is 27.7 Å². The van der Waals surface area contributed by atoms with Gasteiger partial charge in [0.2, 0.25) is 0 Å². The first kappa shape index (κ1) is 10.1. The van der Waals surface area contributed by atoms with Crippen LogP contribution in [0, 0.1) is 12.8 Å². The van der Waals surface area contributed by atoms with Gasteiger partial charge < -0.3 is 0 Å². The van der Waals surface area contributed by atoms with Crippen molar-refractivity contribution in [2.45, 2.75) is 34.1 Å². The second-order valence-electron chi connectivity index (χ2n) is 2.91. The van der Waals surface area contributed by atoms with E-state index < -0.39 is 0 Å². The minimum atomic E-state index is 0. The summed E-state index contributed by atoms with van der Waals surface area (Å²) in [6.07, 6.45) is 1.27. The molecule has 0 amide bonds. The molecule has 0 atom stereocenters. The van der Waals surface area contributed by atoms with E-state index in [4.69, 9.17) is 0 Å². The molecule has 0 spiro atoms. The van der Waals surface area contributed by atoms with Gasteiger partial charge in [0.1, 0.15) is 0 Å². The molecule has 0 N–H and O–H groups in total. The molecular formula is C7H15. The lowest BCUT2D eigenvalue weighted by molar-refractivity contribution is 0.398. The van der Waals surface area contributed by atoms with Crippen LogP contribution in [0.5, 0.6) is 0 Å². The van der Waals surface area contributed by atoms with Crippen LogP contribution in [0.25, 0.3) is 0 Å². The second kappa shape index (κ2) is 3.06. The number of rotatable bonds is 0. The minimum Gasteiger partial charge on any atom is -0.0649 e. The van der Waals surface area contributed by atoms with Gasteiger partial charge in [-0.1, -0.05) is 34.1 Å². The Morgan fingerprint density at radius 2 is 1.29 bits per heavy atom. The summed E-state index contributed by atoms with van der Waals surface area (Å²) in [5, 5.41) is 0. The van der Waals surface area contributed by atoms with Crippen molar-refractivity contribution in [3.63, 3.8) is 0 Å². The predicted molar refractivity (Wildman–Crippen MR) is 34.0 cm³/mol. The molecule has 0 aliphatic rings. The summed E-state index contributed by atoms with van der Waals surface area (Å²) in [6, 6.07) is 0. The topological polar surface area (TPSA) is 0 Å². The molecular weight excluding hydrogens is 84.1 g/mol. The molecule has 0 bridgehead atoms. The van der Waals surface area contributed by atoms with Crippen LogP contribution in [0.2, 0.25) is 0 Å².